The lowest BCUT2D eigenvalue weighted by molar-refractivity contribution is -0.122. The Morgan fingerprint density at radius 3 is 2.91 bits per heavy atom. The van der Waals surface area contributed by atoms with Crippen LogP contribution in [0.15, 0.2) is 12.1 Å². The van der Waals surface area contributed by atoms with E-state index in [2.05, 4.69) is 10.2 Å². The lowest BCUT2D eigenvalue weighted by Gasteiger charge is -2.24. The van der Waals surface area contributed by atoms with E-state index in [9.17, 15) is 19.4 Å². The summed E-state index contributed by atoms with van der Waals surface area (Å²) < 4.78 is 12.8. The Morgan fingerprint density at radius 2 is 2.22 bits per heavy atom. The number of alkyl halides is 1. The number of likely N-dealkylation sites (tertiary alicyclic amines) is 1. The van der Waals surface area contributed by atoms with E-state index in [1.165, 1.54) is 6.07 Å². The number of carbonyl (C=O) groups excluding carboxylic acids is 1. The standard InChI is InChI=1S/C17H25FN2O3/c1-2-19-16(22)10-14-4-3-6-20(14)7-5-12-8-13(11-18)17(23)15(21)9-12/h8-9,14,21,23H,2-7,10-11H2,1H3,(H,19,22). The van der Waals surface area contributed by atoms with Gasteiger partial charge < -0.3 is 15.5 Å². The fraction of sp³-hybridized carbons (Fsp3) is 0.588. The predicted molar refractivity (Wildman–Crippen MR) is 86.2 cm³/mol. The summed E-state index contributed by atoms with van der Waals surface area (Å²) >= 11 is 0. The Bertz CT molecular complexity index is 551. The minimum atomic E-state index is -0.809. The third-order valence-electron chi connectivity index (χ3n) is 4.35. The third-order valence-corrected chi connectivity index (χ3v) is 4.35. The summed E-state index contributed by atoms with van der Waals surface area (Å²) in [6, 6.07) is 3.31. The Balaban J connectivity index is 1.94. The molecule has 23 heavy (non-hydrogen) atoms. The molecule has 1 aromatic rings. The van der Waals surface area contributed by atoms with Gasteiger partial charge in [0.2, 0.25) is 5.91 Å². The van der Waals surface area contributed by atoms with Crippen LogP contribution in [0.25, 0.3) is 0 Å². The van der Waals surface area contributed by atoms with Crippen LogP contribution in [-0.4, -0.2) is 46.7 Å². The van der Waals surface area contributed by atoms with Crippen LogP contribution in [-0.2, 0) is 17.9 Å². The van der Waals surface area contributed by atoms with E-state index in [4.69, 9.17) is 0 Å². The molecule has 1 atom stereocenters. The molecule has 6 heteroatoms. The maximum absolute atomic E-state index is 12.8. The van der Waals surface area contributed by atoms with E-state index in [1.54, 1.807) is 6.07 Å². The van der Waals surface area contributed by atoms with Crippen LogP contribution in [0.2, 0.25) is 0 Å². The monoisotopic (exact) mass is 324 g/mol. The zero-order valence-electron chi connectivity index (χ0n) is 13.5. The molecule has 0 saturated carbocycles. The van der Waals surface area contributed by atoms with Gasteiger partial charge in [-0.05, 0) is 50.4 Å². The molecule has 1 fully saturated rings. The molecule has 0 spiro atoms. The van der Waals surface area contributed by atoms with Crippen LogP contribution in [0.1, 0.15) is 37.3 Å². The maximum Gasteiger partial charge on any atom is 0.221 e. The van der Waals surface area contributed by atoms with Crippen molar-refractivity contribution in [3.05, 3.63) is 23.3 Å². The van der Waals surface area contributed by atoms with Gasteiger partial charge in [0.05, 0.1) is 0 Å². The highest BCUT2D eigenvalue weighted by Gasteiger charge is 2.26. The van der Waals surface area contributed by atoms with Crippen molar-refractivity contribution in [2.75, 3.05) is 19.6 Å². The summed E-state index contributed by atoms with van der Waals surface area (Å²) in [6.07, 6.45) is 3.23. The van der Waals surface area contributed by atoms with Gasteiger partial charge in [-0.2, -0.15) is 0 Å². The van der Waals surface area contributed by atoms with Crippen LogP contribution in [0.4, 0.5) is 4.39 Å². The Labute approximate surface area is 136 Å². The summed E-state index contributed by atoms with van der Waals surface area (Å²) in [5, 5.41) is 22.0. The zero-order valence-corrected chi connectivity index (χ0v) is 13.5. The molecule has 1 unspecified atom stereocenters. The number of phenolic OH excluding ortho intramolecular Hbond substituents is 2. The molecule has 1 aliphatic rings. The third kappa shape index (κ3) is 4.58. The molecule has 1 aromatic carbocycles. The Morgan fingerprint density at radius 1 is 1.43 bits per heavy atom. The van der Waals surface area contributed by atoms with Gasteiger partial charge in [0.25, 0.3) is 0 Å². The first-order valence-corrected chi connectivity index (χ1v) is 8.15. The Kier molecular flexibility index (Phi) is 6.21. The summed E-state index contributed by atoms with van der Waals surface area (Å²) in [5.74, 6) is -0.589. The number of aromatic hydroxyl groups is 2. The molecule has 5 nitrogen and oxygen atoms in total. The fourth-order valence-electron chi connectivity index (χ4n) is 3.17. The van der Waals surface area contributed by atoms with Gasteiger partial charge in [0.1, 0.15) is 6.67 Å². The largest absolute Gasteiger partial charge is 0.504 e. The van der Waals surface area contributed by atoms with Crippen LogP contribution in [0.3, 0.4) is 0 Å². The van der Waals surface area contributed by atoms with Gasteiger partial charge in [-0.1, -0.05) is 0 Å². The smallest absolute Gasteiger partial charge is 0.221 e. The minimum absolute atomic E-state index is 0.0754. The van der Waals surface area contributed by atoms with Crippen molar-refractivity contribution >= 4 is 5.91 Å². The highest BCUT2D eigenvalue weighted by molar-refractivity contribution is 5.76. The van der Waals surface area contributed by atoms with Crippen molar-refractivity contribution in [1.29, 1.82) is 0 Å². The van der Waals surface area contributed by atoms with E-state index < -0.39 is 6.67 Å². The second-order valence-electron chi connectivity index (χ2n) is 6.00. The molecule has 0 radical (unpaired) electrons. The summed E-state index contributed by atoms with van der Waals surface area (Å²) in [6.45, 7) is 3.44. The van der Waals surface area contributed by atoms with E-state index in [-0.39, 0.29) is 29.0 Å². The van der Waals surface area contributed by atoms with Gasteiger partial charge >= 0.3 is 0 Å². The second kappa shape index (κ2) is 8.15. The number of benzene rings is 1. The van der Waals surface area contributed by atoms with E-state index in [0.717, 1.165) is 31.5 Å². The number of nitrogens with zero attached hydrogens (tertiary/aromatic N) is 1. The second-order valence-corrected chi connectivity index (χ2v) is 6.00. The first-order valence-electron chi connectivity index (χ1n) is 8.15. The van der Waals surface area contributed by atoms with Crippen molar-refractivity contribution in [1.82, 2.24) is 10.2 Å². The molecule has 1 aliphatic heterocycles. The van der Waals surface area contributed by atoms with E-state index >= 15 is 0 Å². The van der Waals surface area contributed by atoms with Crippen molar-refractivity contribution in [3.8, 4) is 11.5 Å². The molecule has 1 saturated heterocycles. The highest BCUT2D eigenvalue weighted by atomic mass is 19.1. The summed E-state index contributed by atoms with van der Waals surface area (Å²) in [5.41, 5.74) is 0.900. The van der Waals surface area contributed by atoms with Crippen LogP contribution >= 0.6 is 0 Å². The number of hydrogen-bond acceptors (Lipinski definition) is 4. The molecule has 0 bridgehead atoms. The zero-order chi connectivity index (χ0) is 16.8. The van der Waals surface area contributed by atoms with Crippen LogP contribution < -0.4 is 5.32 Å². The number of carbonyl (C=O) groups is 1. The molecule has 0 aromatic heterocycles. The van der Waals surface area contributed by atoms with Gasteiger partial charge in [-0.3, -0.25) is 9.69 Å². The maximum atomic E-state index is 12.8. The molecule has 3 N–H and O–H groups in total. The number of amides is 1. The number of nitrogens with one attached hydrogen (secondary N) is 1. The van der Waals surface area contributed by atoms with Crippen LogP contribution in [0, 0.1) is 0 Å². The van der Waals surface area contributed by atoms with Gasteiger partial charge in [0.15, 0.2) is 11.5 Å². The molecule has 1 heterocycles. The van der Waals surface area contributed by atoms with Crippen LogP contribution in [0.5, 0.6) is 11.5 Å². The van der Waals surface area contributed by atoms with Crippen molar-refractivity contribution in [3.63, 3.8) is 0 Å². The van der Waals surface area contributed by atoms with Gasteiger partial charge in [-0.25, -0.2) is 4.39 Å². The molecule has 128 valence electrons. The van der Waals surface area contributed by atoms with E-state index in [0.29, 0.717) is 19.4 Å². The molecule has 1 amide bonds. The number of hydrogen-bond donors (Lipinski definition) is 3. The fourth-order valence-corrected chi connectivity index (χ4v) is 3.17. The van der Waals surface area contributed by atoms with Gasteiger partial charge in [0, 0.05) is 31.1 Å². The molecule has 0 aliphatic carbocycles. The number of halogens is 1. The highest BCUT2D eigenvalue weighted by Crippen LogP contribution is 2.31. The van der Waals surface area contributed by atoms with Crippen molar-refractivity contribution < 1.29 is 19.4 Å². The van der Waals surface area contributed by atoms with Gasteiger partial charge in [-0.15, -0.1) is 0 Å². The quantitative estimate of drug-likeness (QED) is 0.672. The summed E-state index contributed by atoms with van der Waals surface area (Å²) in [7, 11) is 0. The normalized spacial score (nSPS) is 18.3. The average Bonchev–Trinajstić information content (AvgIpc) is 2.95. The first-order chi connectivity index (χ1) is 11.0. The lowest BCUT2D eigenvalue weighted by Crippen LogP contribution is -2.36. The number of phenols is 2. The predicted octanol–water partition coefficient (Wildman–Crippen LogP) is 2.10. The SMILES string of the molecule is CCNC(=O)CC1CCCN1CCc1cc(O)c(O)c(CF)c1. The molecular weight excluding hydrogens is 299 g/mol. The molecular formula is C17H25FN2O3. The minimum Gasteiger partial charge on any atom is -0.504 e. The summed E-state index contributed by atoms with van der Waals surface area (Å²) in [4.78, 5) is 14.0. The van der Waals surface area contributed by atoms with E-state index in [1.807, 2.05) is 6.92 Å². The first kappa shape index (κ1) is 17.5. The molecule has 2 rings (SSSR count). The van der Waals surface area contributed by atoms with Crippen molar-refractivity contribution in [2.24, 2.45) is 0 Å². The Hall–Kier alpha value is -1.82. The lowest BCUT2D eigenvalue weighted by atomic mass is 10.1. The average molecular weight is 324 g/mol. The topological polar surface area (TPSA) is 72.8 Å². The number of rotatable bonds is 7. The van der Waals surface area contributed by atoms with Crippen molar-refractivity contribution in [2.45, 2.75) is 45.3 Å².